The minimum atomic E-state index is -0.549. The lowest BCUT2D eigenvalue weighted by atomic mass is 10.3. The largest absolute Gasteiger partial charge is 0.508 e. The van der Waals surface area contributed by atoms with Crippen LogP contribution in [0, 0.1) is 0 Å². The first-order chi connectivity index (χ1) is 7.49. The van der Waals surface area contributed by atoms with E-state index < -0.39 is 6.10 Å². The smallest absolute Gasteiger partial charge is 0.260 e. The summed E-state index contributed by atoms with van der Waals surface area (Å²) in [5, 5.41) is 11.8. The lowest BCUT2D eigenvalue weighted by molar-refractivity contribution is -0.127. The number of hydrogen-bond acceptors (Lipinski definition) is 3. The van der Waals surface area contributed by atoms with E-state index in [9.17, 15) is 4.79 Å². The van der Waals surface area contributed by atoms with Gasteiger partial charge in [-0.15, -0.1) is 0 Å². The molecule has 1 amide bonds. The number of nitrogens with one attached hydrogen (secondary N) is 1. The third-order valence-electron chi connectivity index (χ3n) is 1.95. The molecule has 0 saturated heterocycles. The Bertz CT molecular complexity index is 346. The fraction of sp³-hybridized carbons (Fsp3) is 0.417. The number of carbonyl (C=O) groups excluding carboxylic acids is 1. The molecule has 0 heterocycles. The zero-order valence-corrected chi connectivity index (χ0v) is 9.73. The van der Waals surface area contributed by atoms with Gasteiger partial charge in [0.15, 0.2) is 6.10 Å². The van der Waals surface area contributed by atoms with Gasteiger partial charge in [0.1, 0.15) is 11.5 Å². The van der Waals surface area contributed by atoms with E-state index in [1.165, 1.54) is 12.1 Å². The molecule has 0 aliphatic carbocycles. The fourth-order valence-electron chi connectivity index (χ4n) is 1.18. The molecule has 88 valence electrons. The molecule has 0 radical (unpaired) electrons. The van der Waals surface area contributed by atoms with E-state index in [-0.39, 0.29) is 17.7 Å². The maximum atomic E-state index is 11.5. The van der Waals surface area contributed by atoms with Crippen molar-refractivity contribution in [2.75, 3.05) is 0 Å². The summed E-state index contributed by atoms with van der Waals surface area (Å²) in [6.07, 6.45) is -0.549. The average Bonchev–Trinajstić information content (AvgIpc) is 2.20. The molecule has 0 fully saturated rings. The van der Waals surface area contributed by atoms with Crippen molar-refractivity contribution in [2.24, 2.45) is 0 Å². The van der Waals surface area contributed by atoms with Gasteiger partial charge < -0.3 is 15.2 Å². The molecule has 0 bridgehead atoms. The summed E-state index contributed by atoms with van der Waals surface area (Å²) >= 11 is 0. The maximum absolute atomic E-state index is 11.5. The molecule has 1 aromatic carbocycles. The molecular formula is C12H17NO3. The summed E-state index contributed by atoms with van der Waals surface area (Å²) in [7, 11) is 0. The van der Waals surface area contributed by atoms with Crippen molar-refractivity contribution >= 4 is 5.91 Å². The van der Waals surface area contributed by atoms with Crippen molar-refractivity contribution in [1.82, 2.24) is 5.32 Å². The number of hydrogen-bond donors (Lipinski definition) is 2. The standard InChI is InChI=1S/C12H17NO3/c1-8(2)13-12(15)9(3)16-11-6-4-10(14)5-7-11/h4-9,14H,1-3H3,(H,13,15)/t9-/m0/s1. The number of aromatic hydroxyl groups is 1. The quantitative estimate of drug-likeness (QED) is 0.816. The van der Waals surface area contributed by atoms with Gasteiger partial charge in [0, 0.05) is 6.04 Å². The predicted octanol–water partition coefficient (Wildman–Crippen LogP) is 1.68. The number of ether oxygens (including phenoxy) is 1. The summed E-state index contributed by atoms with van der Waals surface area (Å²) in [5.74, 6) is 0.582. The Morgan fingerprint density at radius 3 is 2.31 bits per heavy atom. The van der Waals surface area contributed by atoms with Gasteiger partial charge >= 0.3 is 0 Å². The zero-order chi connectivity index (χ0) is 12.1. The summed E-state index contributed by atoms with van der Waals surface area (Å²) in [6, 6.07) is 6.37. The van der Waals surface area contributed by atoms with Crippen molar-refractivity contribution in [3.63, 3.8) is 0 Å². The summed E-state index contributed by atoms with van der Waals surface area (Å²) in [4.78, 5) is 11.5. The van der Waals surface area contributed by atoms with Gasteiger partial charge in [-0.3, -0.25) is 4.79 Å². The van der Waals surface area contributed by atoms with Crippen LogP contribution < -0.4 is 10.1 Å². The lowest BCUT2D eigenvalue weighted by Crippen LogP contribution is -2.39. The highest BCUT2D eigenvalue weighted by molar-refractivity contribution is 5.80. The SMILES string of the molecule is CC(C)NC(=O)[C@H](C)Oc1ccc(O)cc1. The van der Waals surface area contributed by atoms with Crippen LogP contribution in [-0.4, -0.2) is 23.2 Å². The van der Waals surface area contributed by atoms with Gasteiger partial charge in [-0.05, 0) is 45.0 Å². The summed E-state index contributed by atoms with van der Waals surface area (Å²) in [5.41, 5.74) is 0. The third kappa shape index (κ3) is 3.81. The second kappa shape index (κ2) is 5.39. The van der Waals surface area contributed by atoms with Crippen LogP contribution in [0.4, 0.5) is 0 Å². The van der Waals surface area contributed by atoms with E-state index in [4.69, 9.17) is 9.84 Å². The van der Waals surface area contributed by atoms with Gasteiger partial charge in [0.05, 0.1) is 0 Å². The predicted molar refractivity (Wildman–Crippen MR) is 61.5 cm³/mol. The average molecular weight is 223 g/mol. The number of benzene rings is 1. The fourth-order valence-corrected chi connectivity index (χ4v) is 1.18. The number of phenolic OH excluding ortho intramolecular Hbond substituents is 1. The van der Waals surface area contributed by atoms with Crippen molar-refractivity contribution in [3.05, 3.63) is 24.3 Å². The number of carbonyl (C=O) groups is 1. The molecule has 4 nitrogen and oxygen atoms in total. The summed E-state index contributed by atoms with van der Waals surface area (Å²) < 4.78 is 5.41. The maximum Gasteiger partial charge on any atom is 0.260 e. The molecule has 16 heavy (non-hydrogen) atoms. The molecule has 0 aromatic heterocycles. The molecule has 0 aliphatic heterocycles. The molecule has 0 unspecified atom stereocenters. The van der Waals surface area contributed by atoms with Gasteiger partial charge in [0.2, 0.25) is 0 Å². The highest BCUT2D eigenvalue weighted by atomic mass is 16.5. The van der Waals surface area contributed by atoms with Crippen molar-refractivity contribution in [2.45, 2.75) is 32.9 Å². The Balaban J connectivity index is 2.53. The molecule has 1 atom stereocenters. The van der Waals surface area contributed by atoms with Crippen LogP contribution in [0.2, 0.25) is 0 Å². The molecule has 0 spiro atoms. The van der Waals surface area contributed by atoms with Crippen molar-refractivity contribution in [1.29, 1.82) is 0 Å². The second-order valence-corrected chi connectivity index (χ2v) is 3.92. The Morgan fingerprint density at radius 1 is 1.25 bits per heavy atom. The van der Waals surface area contributed by atoms with Gasteiger partial charge in [-0.1, -0.05) is 0 Å². The lowest BCUT2D eigenvalue weighted by Gasteiger charge is -2.16. The van der Waals surface area contributed by atoms with E-state index in [0.717, 1.165) is 0 Å². The van der Waals surface area contributed by atoms with Crippen molar-refractivity contribution in [3.8, 4) is 11.5 Å². The van der Waals surface area contributed by atoms with Crippen LogP contribution in [0.1, 0.15) is 20.8 Å². The van der Waals surface area contributed by atoms with Gasteiger partial charge in [-0.25, -0.2) is 0 Å². The van der Waals surface area contributed by atoms with Gasteiger partial charge in [0.25, 0.3) is 5.91 Å². The molecule has 1 aromatic rings. The van der Waals surface area contributed by atoms with E-state index in [1.54, 1.807) is 19.1 Å². The molecule has 1 rings (SSSR count). The Morgan fingerprint density at radius 2 is 1.81 bits per heavy atom. The molecule has 0 saturated carbocycles. The second-order valence-electron chi connectivity index (χ2n) is 3.92. The van der Waals surface area contributed by atoms with Crippen LogP contribution in [-0.2, 0) is 4.79 Å². The first kappa shape index (κ1) is 12.4. The minimum Gasteiger partial charge on any atom is -0.508 e. The van der Waals surface area contributed by atoms with Crippen LogP contribution in [0.15, 0.2) is 24.3 Å². The van der Waals surface area contributed by atoms with Crippen LogP contribution in [0.25, 0.3) is 0 Å². The van der Waals surface area contributed by atoms with Crippen molar-refractivity contribution < 1.29 is 14.6 Å². The number of rotatable bonds is 4. The third-order valence-corrected chi connectivity index (χ3v) is 1.95. The highest BCUT2D eigenvalue weighted by Crippen LogP contribution is 2.17. The van der Waals surface area contributed by atoms with E-state index in [1.807, 2.05) is 13.8 Å². The first-order valence-electron chi connectivity index (χ1n) is 5.25. The zero-order valence-electron chi connectivity index (χ0n) is 9.73. The number of amides is 1. The minimum absolute atomic E-state index is 0.0957. The molecule has 2 N–H and O–H groups in total. The topological polar surface area (TPSA) is 58.6 Å². The van der Waals surface area contributed by atoms with Gasteiger partial charge in [-0.2, -0.15) is 0 Å². The summed E-state index contributed by atoms with van der Waals surface area (Å²) in [6.45, 7) is 5.47. The van der Waals surface area contributed by atoms with Crippen LogP contribution in [0.3, 0.4) is 0 Å². The Labute approximate surface area is 95.2 Å². The molecular weight excluding hydrogens is 206 g/mol. The first-order valence-corrected chi connectivity index (χ1v) is 5.25. The normalized spacial score (nSPS) is 12.2. The van der Waals surface area contributed by atoms with Crippen LogP contribution >= 0.6 is 0 Å². The molecule has 0 aliphatic rings. The Hall–Kier alpha value is -1.71. The Kier molecular flexibility index (Phi) is 4.17. The monoisotopic (exact) mass is 223 g/mol. The number of phenols is 1. The highest BCUT2D eigenvalue weighted by Gasteiger charge is 2.14. The van der Waals surface area contributed by atoms with E-state index in [2.05, 4.69) is 5.32 Å². The molecule has 4 heteroatoms. The van der Waals surface area contributed by atoms with E-state index >= 15 is 0 Å². The van der Waals surface area contributed by atoms with Crippen LogP contribution in [0.5, 0.6) is 11.5 Å². The van der Waals surface area contributed by atoms with E-state index in [0.29, 0.717) is 5.75 Å².